The van der Waals surface area contributed by atoms with Crippen LogP contribution < -0.4 is 4.74 Å². The third kappa shape index (κ3) is 3.56. The average molecular weight is 335 g/mol. The van der Waals surface area contributed by atoms with E-state index < -0.39 is 0 Å². The predicted molar refractivity (Wildman–Crippen MR) is 89.4 cm³/mol. The van der Waals surface area contributed by atoms with Crippen LogP contribution in [0.3, 0.4) is 0 Å². The lowest BCUT2D eigenvalue weighted by Crippen LogP contribution is -2.45. The first-order valence-electron chi connectivity index (χ1n) is 8.90. The van der Waals surface area contributed by atoms with Crippen LogP contribution >= 0.6 is 0 Å². The van der Waals surface area contributed by atoms with Gasteiger partial charge in [-0.1, -0.05) is 12.8 Å². The van der Waals surface area contributed by atoms with Gasteiger partial charge in [0.25, 0.3) is 0 Å². The van der Waals surface area contributed by atoms with Gasteiger partial charge in [0.1, 0.15) is 11.6 Å². The molecule has 132 valence electrons. The summed E-state index contributed by atoms with van der Waals surface area (Å²) in [6.45, 7) is 0.727. The lowest BCUT2D eigenvalue weighted by Gasteiger charge is -2.37. The standard InChI is InChI=1S/C19H26FNO3/c1-24-18-9-8-14(20)11-13(18)12-19(23)21-10-4-6-16(21)15-5-2-3-7-17(15)22/h8-9,11,15-17,22H,2-7,10,12H2,1H3/t15-,16-,17-/m1/s1. The number of benzene rings is 1. The average Bonchev–Trinajstić information content (AvgIpc) is 3.05. The Morgan fingerprint density at radius 2 is 2.08 bits per heavy atom. The topological polar surface area (TPSA) is 49.8 Å². The number of amides is 1. The van der Waals surface area contributed by atoms with E-state index in [4.69, 9.17) is 4.74 Å². The van der Waals surface area contributed by atoms with Crippen molar-refractivity contribution in [3.8, 4) is 5.75 Å². The number of carbonyl (C=O) groups excluding carboxylic acids is 1. The Labute approximate surface area is 142 Å². The van der Waals surface area contributed by atoms with E-state index in [0.717, 1.165) is 45.1 Å². The van der Waals surface area contributed by atoms with Crippen LogP contribution in [0.5, 0.6) is 5.75 Å². The molecular formula is C19H26FNO3. The molecule has 0 spiro atoms. The highest BCUT2D eigenvalue weighted by molar-refractivity contribution is 5.80. The molecule has 0 unspecified atom stereocenters. The summed E-state index contributed by atoms with van der Waals surface area (Å²) >= 11 is 0. The summed E-state index contributed by atoms with van der Waals surface area (Å²) in [7, 11) is 1.53. The summed E-state index contributed by atoms with van der Waals surface area (Å²) < 4.78 is 18.8. The fraction of sp³-hybridized carbons (Fsp3) is 0.632. The first kappa shape index (κ1) is 17.2. The Morgan fingerprint density at radius 3 is 2.83 bits per heavy atom. The van der Waals surface area contributed by atoms with E-state index in [1.54, 1.807) is 6.07 Å². The molecule has 0 radical (unpaired) electrons. The van der Waals surface area contributed by atoms with Crippen LogP contribution in [0.2, 0.25) is 0 Å². The van der Waals surface area contributed by atoms with Gasteiger partial charge in [0.05, 0.1) is 19.6 Å². The van der Waals surface area contributed by atoms with Crippen molar-refractivity contribution in [2.75, 3.05) is 13.7 Å². The smallest absolute Gasteiger partial charge is 0.227 e. The first-order chi connectivity index (χ1) is 11.6. The zero-order valence-electron chi connectivity index (χ0n) is 14.2. The van der Waals surface area contributed by atoms with Gasteiger partial charge in [0.2, 0.25) is 5.91 Å². The molecular weight excluding hydrogens is 309 g/mol. The minimum atomic E-state index is -0.362. The molecule has 0 aromatic heterocycles. The zero-order valence-corrected chi connectivity index (χ0v) is 14.2. The number of nitrogens with zero attached hydrogens (tertiary/aromatic N) is 1. The molecule has 1 aliphatic carbocycles. The van der Waals surface area contributed by atoms with Crippen molar-refractivity contribution in [1.82, 2.24) is 4.90 Å². The number of ether oxygens (including phenoxy) is 1. The van der Waals surface area contributed by atoms with Gasteiger partial charge in [0, 0.05) is 24.1 Å². The highest BCUT2D eigenvalue weighted by Gasteiger charge is 2.38. The van der Waals surface area contributed by atoms with Crippen molar-refractivity contribution >= 4 is 5.91 Å². The van der Waals surface area contributed by atoms with Gasteiger partial charge in [-0.25, -0.2) is 4.39 Å². The van der Waals surface area contributed by atoms with Crippen molar-refractivity contribution in [2.45, 2.75) is 57.1 Å². The molecule has 1 N–H and O–H groups in total. The summed E-state index contributed by atoms with van der Waals surface area (Å²) in [4.78, 5) is 14.7. The Bertz CT molecular complexity index is 592. The molecule has 4 nitrogen and oxygen atoms in total. The largest absolute Gasteiger partial charge is 0.496 e. The highest BCUT2D eigenvalue weighted by atomic mass is 19.1. The lowest BCUT2D eigenvalue weighted by molar-refractivity contribution is -0.133. The number of rotatable bonds is 4. The van der Waals surface area contributed by atoms with Crippen molar-refractivity contribution in [3.05, 3.63) is 29.6 Å². The van der Waals surface area contributed by atoms with Crippen molar-refractivity contribution < 1.29 is 19.0 Å². The minimum absolute atomic E-state index is 0.000765. The molecule has 2 aliphatic rings. The second kappa shape index (κ2) is 7.51. The highest BCUT2D eigenvalue weighted by Crippen LogP contribution is 2.35. The molecule has 3 rings (SSSR count). The van der Waals surface area contributed by atoms with E-state index in [1.165, 1.54) is 19.2 Å². The summed E-state index contributed by atoms with van der Waals surface area (Å²) in [6.07, 6.45) is 5.77. The predicted octanol–water partition coefficient (Wildman–Crippen LogP) is 2.92. The SMILES string of the molecule is COc1ccc(F)cc1CC(=O)N1CCC[C@@H]1[C@H]1CCCC[C@H]1O. The maximum Gasteiger partial charge on any atom is 0.227 e. The summed E-state index contributed by atoms with van der Waals surface area (Å²) in [5.74, 6) is 0.358. The fourth-order valence-electron chi connectivity index (χ4n) is 4.29. The third-order valence-corrected chi connectivity index (χ3v) is 5.48. The molecule has 1 aromatic carbocycles. The molecule has 24 heavy (non-hydrogen) atoms. The Hall–Kier alpha value is -1.62. The first-order valence-corrected chi connectivity index (χ1v) is 8.90. The van der Waals surface area contributed by atoms with Gasteiger partial charge in [-0.15, -0.1) is 0 Å². The van der Waals surface area contributed by atoms with Crippen LogP contribution in [0.1, 0.15) is 44.1 Å². The molecule has 5 heteroatoms. The number of carbonyl (C=O) groups is 1. The molecule has 3 atom stereocenters. The van der Waals surface area contributed by atoms with Crippen LogP contribution in [0, 0.1) is 11.7 Å². The van der Waals surface area contributed by atoms with E-state index in [0.29, 0.717) is 11.3 Å². The van der Waals surface area contributed by atoms with Gasteiger partial charge >= 0.3 is 0 Å². The molecule has 0 bridgehead atoms. The lowest BCUT2D eigenvalue weighted by atomic mass is 9.80. The van der Waals surface area contributed by atoms with Crippen molar-refractivity contribution in [3.63, 3.8) is 0 Å². The van der Waals surface area contributed by atoms with Crippen LogP contribution in [-0.4, -0.2) is 41.7 Å². The van der Waals surface area contributed by atoms with Crippen LogP contribution in [0.15, 0.2) is 18.2 Å². The molecule has 1 saturated carbocycles. The molecule has 1 aliphatic heterocycles. The van der Waals surface area contributed by atoms with Gasteiger partial charge in [-0.2, -0.15) is 0 Å². The Morgan fingerprint density at radius 1 is 1.29 bits per heavy atom. The Kier molecular flexibility index (Phi) is 5.39. The number of halogens is 1. The molecule has 1 heterocycles. The molecule has 2 fully saturated rings. The van der Waals surface area contributed by atoms with Gasteiger partial charge in [0.15, 0.2) is 0 Å². The number of aliphatic hydroxyl groups excluding tert-OH is 1. The van der Waals surface area contributed by atoms with Crippen LogP contribution in [0.4, 0.5) is 4.39 Å². The third-order valence-electron chi connectivity index (χ3n) is 5.48. The second-order valence-electron chi connectivity index (χ2n) is 6.95. The maximum atomic E-state index is 13.5. The fourth-order valence-corrected chi connectivity index (χ4v) is 4.29. The van der Waals surface area contributed by atoms with Gasteiger partial charge in [-0.3, -0.25) is 4.79 Å². The number of hydrogen-bond donors (Lipinski definition) is 1. The maximum absolute atomic E-state index is 13.5. The van der Waals surface area contributed by atoms with E-state index in [9.17, 15) is 14.3 Å². The summed E-state index contributed by atoms with van der Waals surface area (Å²) in [5.41, 5.74) is 0.581. The Balaban J connectivity index is 1.73. The summed E-state index contributed by atoms with van der Waals surface area (Å²) in [5, 5.41) is 10.3. The molecule has 1 saturated heterocycles. The van der Waals surface area contributed by atoms with E-state index in [-0.39, 0.29) is 36.2 Å². The number of hydrogen-bond acceptors (Lipinski definition) is 3. The van der Waals surface area contributed by atoms with E-state index in [1.807, 2.05) is 4.90 Å². The second-order valence-corrected chi connectivity index (χ2v) is 6.95. The molecule has 1 amide bonds. The zero-order chi connectivity index (χ0) is 17.1. The van der Waals surface area contributed by atoms with Crippen LogP contribution in [-0.2, 0) is 11.2 Å². The monoisotopic (exact) mass is 335 g/mol. The van der Waals surface area contributed by atoms with Crippen LogP contribution in [0.25, 0.3) is 0 Å². The summed E-state index contributed by atoms with van der Waals surface area (Å²) in [6, 6.07) is 4.39. The normalized spacial score (nSPS) is 27.3. The molecule has 1 aromatic rings. The van der Waals surface area contributed by atoms with Crippen molar-refractivity contribution in [2.24, 2.45) is 5.92 Å². The number of aliphatic hydroxyl groups is 1. The van der Waals surface area contributed by atoms with E-state index in [2.05, 4.69) is 0 Å². The quantitative estimate of drug-likeness (QED) is 0.920. The number of methoxy groups -OCH3 is 1. The van der Waals surface area contributed by atoms with Gasteiger partial charge in [-0.05, 0) is 43.9 Å². The number of likely N-dealkylation sites (tertiary alicyclic amines) is 1. The van der Waals surface area contributed by atoms with Gasteiger partial charge < -0.3 is 14.7 Å². The van der Waals surface area contributed by atoms with E-state index >= 15 is 0 Å². The minimum Gasteiger partial charge on any atom is -0.496 e. The van der Waals surface area contributed by atoms with Crippen molar-refractivity contribution in [1.29, 1.82) is 0 Å².